The summed E-state index contributed by atoms with van der Waals surface area (Å²) in [5.74, 6) is 0.713. The molecule has 17 heavy (non-hydrogen) atoms. The molecule has 1 aliphatic heterocycles. The molecule has 0 N–H and O–H groups in total. The maximum absolute atomic E-state index is 11.8. The van der Waals surface area contributed by atoms with Gasteiger partial charge in [0.05, 0.1) is 16.8 Å². The smallest absolute Gasteiger partial charge is 0.242 e. The zero-order valence-electron chi connectivity index (χ0n) is 10.4. The molecule has 0 aromatic carbocycles. The Morgan fingerprint density at radius 2 is 2.12 bits per heavy atom. The second-order valence-corrected chi connectivity index (χ2v) is 5.90. The lowest BCUT2D eigenvalue weighted by Crippen LogP contribution is -2.36. The average molecular weight is 248 g/mol. The van der Waals surface area contributed by atoms with Crippen LogP contribution in [0, 0.1) is 0 Å². The normalized spacial score (nSPS) is 16.0. The monoisotopic (exact) mass is 248 g/mol. The first kappa shape index (κ1) is 10.8. The van der Waals surface area contributed by atoms with E-state index in [1.165, 1.54) is 21.5 Å². The maximum atomic E-state index is 11.8. The Morgan fingerprint density at radius 3 is 2.82 bits per heavy atom. The standard InChI is InChI=1S/C13H16N2OS/c1-8(2)12-10-6-14(3)11(16)7-15(10)9-4-5-17-13(9)12/h4-5,8H,6-7H2,1-3H3. The molecule has 0 saturated heterocycles. The van der Waals surface area contributed by atoms with E-state index in [-0.39, 0.29) is 5.91 Å². The van der Waals surface area contributed by atoms with Gasteiger partial charge in [-0.2, -0.15) is 0 Å². The highest BCUT2D eigenvalue weighted by Gasteiger charge is 2.27. The summed E-state index contributed by atoms with van der Waals surface area (Å²) in [7, 11) is 1.89. The minimum Gasteiger partial charge on any atom is -0.338 e. The van der Waals surface area contributed by atoms with Crippen molar-refractivity contribution in [2.24, 2.45) is 0 Å². The molecule has 4 heteroatoms. The molecule has 0 fully saturated rings. The quantitative estimate of drug-likeness (QED) is 0.762. The number of hydrogen-bond donors (Lipinski definition) is 0. The van der Waals surface area contributed by atoms with Gasteiger partial charge in [0.2, 0.25) is 5.91 Å². The van der Waals surface area contributed by atoms with Crippen LogP contribution >= 0.6 is 11.3 Å². The number of fused-ring (bicyclic) bond motifs is 3. The molecule has 0 radical (unpaired) electrons. The van der Waals surface area contributed by atoms with Crippen molar-refractivity contribution in [2.45, 2.75) is 32.9 Å². The minimum absolute atomic E-state index is 0.205. The Morgan fingerprint density at radius 1 is 1.35 bits per heavy atom. The van der Waals surface area contributed by atoms with E-state index >= 15 is 0 Å². The van der Waals surface area contributed by atoms with Crippen molar-refractivity contribution in [3.63, 3.8) is 0 Å². The summed E-state index contributed by atoms with van der Waals surface area (Å²) < 4.78 is 3.56. The molecule has 90 valence electrons. The van der Waals surface area contributed by atoms with Gasteiger partial charge in [0.25, 0.3) is 0 Å². The number of hydrogen-bond acceptors (Lipinski definition) is 2. The third-order valence-electron chi connectivity index (χ3n) is 3.50. The molecular weight excluding hydrogens is 232 g/mol. The Kier molecular flexibility index (Phi) is 2.30. The predicted octanol–water partition coefficient (Wildman–Crippen LogP) is 2.80. The molecular formula is C13H16N2OS. The van der Waals surface area contributed by atoms with Crippen molar-refractivity contribution >= 4 is 27.5 Å². The summed E-state index contributed by atoms with van der Waals surface area (Å²) in [6, 6.07) is 2.13. The van der Waals surface area contributed by atoms with E-state index in [0.29, 0.717) is 12.5 Å². The van der Waals surface area contributed by atoms with Crippen LogP contribution < -0.4 is 0 Å². The first-order chi connectivity index (χ1) is 8.09. The molecule has 0 unspecified atom stereocenters. The van der Waals surface area contributed by atoms with Gasteiger partial charge in [-0.3, -0.25) is 4.79 Å². The molecule has 1 amide bonds. The van der Waals surface area contributed by atoms with E-state index in [9.17, 15) is 4.79 Å². The largest absolute Gasteiger partial charge is 0.338 e. The van der Waals surface area contributed by atoms with Crippen molar-refractivity contribution < 1.29 is 4.79 Å². The number of carbonyl (C=O) groups is 1. The molecule has 0 bridgehead atoms. The SMILES string of the molecule is CC(C)c1c2n(c3ccsc13)CC(=O)N(C)C2. The fourth-order valence-corrected chi connectivity index (χ4v) is 3.77. The Labute approximate surface area is 105 Å². The Bertz CT molecular complexity index is 594. The van der Waals surface area contributed by atoms with Crippen molar-refractivity contribution in [1.82, 2.24) is 9.47 Å². The molecule has 1 aliphatic rings. The molecule has 2 aromatic rings. The lowest BCUT2D eigenvalue weighted by atomic mass is 10.0. The van der Waals surface area contributed by atoms with Crippen LogP contribution in [-0.4, -0.2) is 22.4 Å². The van der Waals surface area contributed by atoms with Crippen molar-refractivity contribution in [3.05, 3.63) is 22.7 Å². The van der Waals surface area contributed by atoms with Crippen molar-refractivity contribution in [3.8, 4) is 0 Å². The first-order valence-corrected chi connectivity index (χ1v) is 6.80. The lowest BCUT2D eigenvalue weighted by molar-refractivity contribution is -0.132. The van der Waals surface area contributed by atoms with E-state index in [1.807, 2.05) is 11.9 Å². The second kappa shape index (κ2) is 3.60. The average Bonchev–Trinajstić information content (AvgIpc) is 2.79. The molecule has 3 rings (SSSR count). The van der Waals surface area contributed by atoms with E-state index in [2.05, 4.69) is 29.9 Å². The van der Waals surface area contributed by atoms with Crippen LogP contribution in [0.4, 0.5) is 0 Å². The highest BCUT2D eigenvalue weighted by Crippen LogP contribution is 2.37. The number of nitrogens with zero attached hydrogens (tertiary/aromatic N) is 2. The Hall–Kier alpha value is -1.29. The van der Waals surface area contributed by atoms with E-state index < -0.39 is 0 Å². The van der Waals surface area contributed by atoms with Crippen LogP contribution in [0.5, 0.6) is 0 Å². The van der Waals surface area contributed by atoms with Crippen LogP contribution in [-0.2, 0) is 17.9 Å². The Balaban J connectivity index is 2.30. The molecule has 0 spiro atoms. The van der Waals surface area contributed by atoms with Crippen LogP contribution in [0.2, 0.25) is 0 Å². The highest BCUT2D eigenvalue weighted by molar-refractivity contribution is 7.17. The summed E-state index contributed by atoms with van der Waals surface area (Å²) in [5, 5.41) is 2.12. The number of aromatic nitrogens is 1. The number of likely N-dealkylation sites (N-methyl/N-ethyl adjacent to an activating group) is 1. The topological polar surface area (TPSA) is 25.2 Å². The molecule has 0 saturated carbocycles. The van der Waals surface area contributed by atoms with Crippen LogP contribution in [0.1, 0.15) is 31.0 Å². The van der Waals surface area contributed by atoms with Crippen LogP contribution in [0.25, 0.3) is 10.2 Å². The van der Waals surface area contributed by atoms with Crippen LogP contribution in [0.15, 0.2) is 11.4 Å². The summed E-state index contributed by atoms with van der Waals surface area (Å²) in [4.78, 5) is 13.6. The summed E-state index contributed by atoms with van der Waals surface area (Å²) in [6.07, 6.45) is 0. The molecule has 0 aliphatic carbocycles. The van der Waals surface area contributed by atoms with Gasteiger partial charge in [-0.15, -0.1) is 11.3 Å². The molecule has 3 nitrogen and oxygen atoms in total. The third kappa shape index (κ3) is 1.43. The molecule has 0 atom stereocenters. The zero-order chi connectivity index (χ0) is 12.2. The van der Waals surface area contributed by atoms with E-state index in [1.54, 1.807) is 11.3 Å². The molecule has 3 heterocycles. The second-order valence-electron chi connectivity index (χ2n) is 4.99. The van der Waals surface area contributed by atoms with E-state index in [4.69, 9.17) is 0 Å². The summed E-state index contributed by atoms with van der Waals surface area (Å²) >= 11 is 1.79. The lowest BCUT2D eigenvalue weighted by Gasteiger charge is -2.26. The number of rotatable bonds is 1. The van der Waals surface area contributed by atoms with E-state index in [0.717, 1.165) is 6.54 Å². The van der Waals surface area contributed by atoms with Gasteiger partial charge in [-0.25, -0.2) is 0 Å². The van der Waals surface area contributed by atoms with Gasteiger partial charge in [-0.05, 0) is 22.9 Å². The zero-order valence-corrected chi connectivity index (χ0v) is 11.2. The van der Waals surface area contributed by atoms with Crippen molar-refractivity contribution in [1.29, 1.82) is 0 Å². The van der Waals surface area contributed by atoms with Gasteiger partial charge in [0.15, 0.2) is 0 Å². The predicted molar refractivity (Wildman–Crippen MR) is 70.4 cm³/mol. The maximum Gasteiger partial charge on any atom is 0.242 e. The third-order valence-corrected chi connectivity index (χ3v) is 4.44. The van der Waals surface area contributed by atoms with Gasteiger partial charge in [0, 0.05) is 12.7 Å². The highest BCUT2D eigenvalue weighted by atomic mass is 32.1. The van der Waals surface area contributed by atoms with Gasteiger partial charge in [-0.1, -0.05) is 13.8 Å². The van der Waals surface area contributed by atoms with Gasteiger partial charge in [0.1, 0.15) is 6.54 Å². The number of amides is 1. The van der Waals surface area contributed by atoms with Gasteiger partial charge < -0.3 is 9.47 Å². The van der Waals surface area contributed by atoms with Crippen molar-refractivity contribution in [2.75, 3.05) is 7.05 Å². The minimum atomic E-state index is 0.205. The van der Waals surface area contributed by atoms with Crippen LogP contribution in [0.3, 0.4) is 0 Å². The fourth-order valence-electron chi connectivity index (χ4n) is 2.65. The molecule has 2 aromatic heterocycles. The van der Waals surface area contributed by atoms with Gasteiger partial charge >= 0.3 is 0 Å². The summed E-state index contributed by atoms with van der Waals surface area (Å²) in [5.41, 5.74) is 3.98. The number of carbonyl (C=O) groups excluding carboxylic acids is 1. The number of thiophene rings is 1. The summed E-state index contributed by atoms with van der Waals surface area (Å²) in [6.45, 7) is 5.69. The fraction of sp³-hybridized carbons (Fsp3) is 0.462. The first-order valence-electron chi connectivity index (χ1n) is 5.92.